The Morgan fingerprint density at radius 1 is 1.03 bits per heavy atom. The van der Waals surface area contributed by atoms with Crippen LogP contribution < -0.4 is 0 Å². The summed E-state index contributed by atoms with van der Waals surface area (Å²) in [6.07, 6.45) is -9.38. The number of hydrogen-bond donors (Lipinski definition) is 1. The van der Waals surface area contributed by atoms with Crippen LogP contribution in [-0.2, 0) is 35.6 Å². The van der Waals surface area contributed by atoms with E-state index in [-0.39, 0.29) is 5.56 Å². The van der Waals surface area contributed by atoms with Crippen molar-refractivity contribution in [2.24, 2.45) is 0 Å². The van der Waals surface area contributed by atoms with E-state index in [1.165, 1.54) is 30.3 Å². The number of benzene rings is 1. The summed E-state index contributed by atoms with van der Waals surface area (Å²) in [4.78, 5) is 24.3. The van der Waals surface area contributed by atoms with E-state index in [1.807, 2.05) is 0 Å². The first-order valence-corrected chi connectivity index (χ1v) is 10.1. The number of Topliss-reactive ketones (excluding diaryl/α,β-unsaturated/α-hetero) is 1. The van der Waals surface area contributed by atoms with Crippen LogP contribution in [0.15, 0.2) is 42.5 Å². The molecule has 1 N–H and O–H groups in total. The van der Waals surface area contributed by atoms with Gasteiger partial charge in [0.25, 0.3) is 0 Å². The van der Waals surface area contributed by atoms with Crippen molar-refractivity contribution < 1.29 is 62.8 Å². The summed E-state index contributed by atoms with van der Waals surface area (Å²) in [7, 11) is -6.67. The summed E-state index contributed by atoms with van der Waals surface area (Å²) in [6.45, 7) is 1.88. The van der Waals surface area contributed by atoms with Crippen molar-refractivity contribution in [2.45, 2.75) is 42.9 Å². The Labute approximate surface area is 182 Å². The summed E-state index contributed by atoms with van der Waals surface area (Å²) in [5, 5.41) is -6.09. The Morgan fingerprint density at radius 2 is 1.55 bits per heavy atom. The molecule has 1 rings (SSSR count). The molecule has 0 aliphatic carbocycles. The third-order valence-corrected chi connectivity index (χ3v) is 4.95. The van der Waals surface area contributed by atoms with Gasteiger partial charge in [0, 0.05) is 18.4 Å². The van der Waals surface area contributed by atoms with Gasteiger partial charge >= 0.3 is 39.2 Å². The predicted octanol–water partition coefficient (Wildman–Crippen LogP) is 3.70. The molecule has 0 aliphatic heterocycles. The van der Waals surface area contributed by atoms with Crippen LogP contribution in [0.5, 0.6) is 0 Å². The Balaban J connectivity index is 3.35. The maximum Gasteiger partial charge on any atom is 0.464 e. The van der Waals surface area contributed by atoms with E-state index in [9.17, 15) is 48.7 Å². The molecular formula is C18H17F7O7S. The first-order chi connectivity index (χ1) is 14.8. The summed E-state index contributed by atoms with van der Waals surface area (Å²) in [5.74, 6) is -14.0. The fourth-order valence-corrected chi connectivity index (χ4v) is 2.72. The lowest BCUT2D eigenvalue weighted by atomic mass is 10.0. The lowest BCUT2D eigenvalue weighted by molar-refractivity contribution is -0.348. The third-order valence-electron chi connectivity index (χ3n) is 4.00. The molecule has 0 fully saturated rings. The standard InChI is InChI=1S/C18H17F7O7S/c1-11(2)14(27)32-16(17(21,22)23,13(26)10-12-6-4-3-5-7-12)31-9-8-15(19,20)18(24,25)33(28,29)30/h3-7H,1,8-10H2,2H3,(H,28,29,30). The lowest BCUT2D eigenvalue weighted by Gasteiger charge is -2.34. The second-order valence-corrected chi connectivity index (χ2v) is 8.13. The number of ether oxygens (including phenoxy) is 2. The van der Waals surface area contributed by atoms with Crippen molar-refractivity contribution in [1.29, 1.82) is 0 Å². The van der Waals surface area contributed by atoms with E-state index in [1.54, 1.807) is 0 Å². The Morgan fingerprint density at radius 3 is 1.97 bits per heavy atom. The normalized spacial score (nSPS) is 14.9. The van der Waals surface area contributed by atoms with Crippen LogP contribution in [0.2, 0.25) is 0 Å². The van der Waals surface area contributed by atoms with Crippen molar-refractivity contribution in [2.75, 3.05) is 6.61 Å². The number of alkyl halides is 7. The van der Waals surface area contributed by atoms with Crippen LogP contribution in [0.4, 0.5) is 30.7 Å². The highest BCUT2D eigenvalue weighted by Crippen LogP contribution is 2.42. The maximum absolute atomic E-state index is 13.9. The van der Waals surface area contributed by atoms with Crippen molar-refractivity contribution in [3.8, 4) is 0 Å². The van der Waals surface area contributed by atoms with Gasteiger partial charge < -0.3 is 9.47 Å². The Hall–Kier alpha value is -2.52. The minimum absolute atomic E-state index is 0.0330. The monoisotopic (exact) mass is 510 g/mol. The van der Waals surface area contributed by atoms with Crippen LogP contribution in [-0.4, -0.2) is 54.5 Å². The predicted molar refractivity (Wildman–Crippen MR) is 96.9 cm³/mol. The van der Waals surface area contributed by atoms with Crippen molar-refractivity contribution in [3.63, 3.8) is 0 Å². The molecule has 15 heteroatoms. The van der Waals surface area contributed by atoms with Gasteiger partial charge in [0.05, 0.1) is 6.61 Å². The summed E-state index contributed by atoms with van der Waals surface area (Å²) >= 11 is 0. The number of carbonyl (C=O) groups is 2. The molecule has 0 spiro atoms. The fraction of sp³-hybridized carbons (Fsp3) is 0.444. The second kappa shape index (κ2) is 9.77. The van der Waals surface area contributed by atoms with Gasteiger partial charge in [-0.1, -0.05) is 36.9 Å². The average Bonchev–Trinajstić information content (AvgIpc) is 2.65. The number of hydrogen-bond acceptors (Lipinski definition) is 6. The fourth-order valence-electron chi connectivity index (χ4n) is 2.24. The summed E-state index contributed by atoms with van der Waals surface area (Å²) < 4.78 is 133. The van der Waals surface area contributed by atoms with Crippen molar-refractivity contribution in [3.05, 3.63) is 48.0 Å². The van der Waals surface area contributed by atoms with E-state index >= 15 is 0 Å². The minimum Gasteiger partial charge on any atom is -0.413 e. The molecule has 0 heterocycles. The number of ketones is 1. The molecule has 0 bridgehead atoms. The van der Waals surface area contributed by atoms with Crippen LogP contribution in [0.1, 0.15) is 18.9 Å². The highest BCUT2D eigenvalue weighted by molar-refractivity contribution is 7.87. The van der Waals surface area contributed by atoms with Gasteiger partial charge in [-0.25, -0.2) is 4.79 Å². The second-order valence-electron chi connectivity index (χ2n) is 6.66. The SMILES string of the molecule is C=C(C)C(=O)OC(OCCC(F)(F)C(F)(F)S(=O)(=O)O)(C(=O)Cc1ccccc1)C(F)(F)F. The molecule has 1 aromatic carbocycles. The first kappa shape index (κ1) is 28.5. The van der Waals surface area contributed by atoms with Crippen LogP contribution in [0, 0.1) is 0 Å². The van der Waals surface area contributed by atoms with Crippen LogP contribution >= 0.6 is 0 Å². The van der Waals surface area contributed by atoms with E-state index in [2.05, 4.69) is 16.1 Å². The zero-order chi connectivity index (χ0) is 25.9. The summed E-state index contributed by atoms with van der Waals surface area (Å²) in [5.41, 5.74) is -0.683. The molecule has 0 saturated heterocycles. The number of esters is 1. The van der Waals surface area contributed by atoms with Gasteiger partial charge in [-0.15, -0.1) is 0 Å². The highest BCUT2D eigenvalue weighted by atomic mass is 32.2. The third kappa shape index (κ3) is 6.29. The largest absolute Gasteiger partial charge is 0.464 e. The molecule has 186 valence electrons. The molecule has 7 nitrogen and oxygen atoms in total. The number of rotatable bonds is 11. The van der Waals surface area contributed by atoms with E-state index in [0.717, 1.165) is 6.92 Å². The lowest BCUT2D eigenvalue weighted by Crippen LogP contribution is -2.58. The molecular weight excluding hydrogens is 493 g/mol. The smallest absolute Gasteiger partial charge is 0.413 e. The maximum atomic E-state index is 13.9. The van der Waals surface area contributed by atoms with E-state index in [4.69, 9.17) is 4.55 Å². The van der Waals surface area contributed by atoms with Gasteiger partial charge in [-0.2, -0.15) is 39.2 Å². The van der Waals surface area contributed by atoms with Gasteiger partial charge in [-0.3, -0.25) is 9.35 Å². The highest BCUT2D eigenvalue weighted by Gasteiger charge is 2.68. The molecule has 1 unspecified atom stereocenters. The molecule has 0 amide bonds. The number of halogens is 7. The van der Waals surface area contributed by atoms with E-state index < -0.39 is 70.0 Å². The Kier molecular flexibility index (Phi) is 8.44. The van der Waals surface area contributed by atoms with Crippen molar-refractivity contribution >= 4 is 21.9 Å². The number of carbonyl (C=O) groups excluding carboxylic acids is 2. The van der Waals surface area contributed by atoms with Crippen LogP contribution in [0.25, 0.3) is 0 Å². The molecule has 0 saturated carbocycles. The van der Waals surface area contributed by atoms with Gasteiger partial charge in [0.2, 0.25) is 5.78 Å². The molecule has 1 atom stereocenters. The topological polar surface area (TPSA) is 107 Å². The van der Waals surface area contributed by atoms with Crippen molar-refractivity contribution in [1.82, 2.24) is 0 Å². The summed E-state index contributed by atoms with van der Waals surface area (Å²) in [6, 6.07) is 6.56. The van der Waals surface area contributed by atoms with Gasteiger partial charge in [0.15, 0.2) is 0 Å². The van der Waals surface area contributed by atoms with E-state index in [0.29, 0.717) is 0 Å². The average molecular weight is 510 g/mol. The van der Waals surface area contributed by atoms with Crippen LogP contribution in [0.3, 0.4) is 0 Å². The zero-order valence-electron chi connectivity index (χ0n) is 16.7. The first-order valence-electron chi connectivity index (χ1n) is 8.68. The molecule has 0 aliphatic rings. The quantitative estimate of drug-likeness (QED) is 0.159. The zero-order valence-corrected chi connectivity index (χ0v) is 17.5. The Bertz CT molecular complexity index is 991. The van der Waals surface area contributed by atoms with Gasteiger partial charge in [-0.05, 0) is 12.5 Å². The molecule has 1 aromatic rings. The van der Waals surface area contributed by atoms with Gasteiger partial charge in [0.1, 0.15) is 0 Å². The minimum atomic E-state index is -6.67. The molecule has 0 aromatic heterocycles. The molecule has 33 heavy (non-hydrogen) atoms. The molecule has 0 radical (unpaired) electrons.